The first-order chi connectivity index (χ1) is 15.2. The number of hydrogen-bond acceptors (Lipinski definition) is 5. The van der Waals surface area contributed by atoms with Crippen molar-refractivity contribution in [2.24, 2.45) is 0 Å². The van der Waals surface area contributed by atoms with E-state index in [1.807, 2.05) is 0 Å². The number of hydrogen-bond donors (Lipinski definition) is 3. The van der Waals surface area contributed by atoms with Crippen molar-refractivity contribution < 1.29 is 24.8 Å². The highest BCUT2D eigenvalue weighted by Crippen LogP contribution is 2.19. The summed E-state index contributed by atoms with van der Waals surface area (Å²) in [5, 5.41) is 29.0. The molecule has 5 heteroatoms. The van der Waals surface area contributed by atoms with Crippen molar-refractivity contribution in [2.45, 2.75) is 134 Å². The van der Waals surface area contributed by atoms with E-state index in [0.29, 0.717) is 6.61 Å². The van der Waals surface area contributed by atoms with Crippen LogP contribution in [-0.2, 0) is 9.47 Å². The number of ether oxygens (including phenoxy) is 2. The molecule has 0 radical (unpaired) electrons. The molecular weight excluding hydrogens is 392 g/mol. The van der Waals surface area contributed by atoms with Crippen LogP contribution in [0.1, 0.15) is 110 Å². The summed E-state index contributed by atoms with van der Waals surface area (Å²) in [5.74, 6) is 0. The zero-order valence-electron chi connectivity index (χ0n) is 20.1. The average Bonchev–Trinajstić information content (AvgIpc) is 2.78. The van der Waals surface area contributed by atoms with Crippen LogP contribution in [-0.4, -0.2) is 59.6 Å². The van der Waals surface area contributed by atoms with E-state index >= 15 is 0 Å². The molecule has 1 saturated heterocycles. The lowest BCUT2D eigenvalue weighted by Gasteiger charge is -2.37. The van der Waals surface area contributed by atoms with Crippen LogP contribution >= 0.6 is 0 Å². The van der Waals surface area contributed by atoms with Gasteiger partial charge in [0.2, 0.25) is 0 Å². The van der Waals surface area contributed by atoms with E-state index < -0.39 is 24.4 Å². The number of aliphatic hydroxyl groups excluding tert-OH is 3. The van der Waals surface area contributed by atoms with Crippen molar-refractivity contribution >= 4 is 0 Å². The van der Waals surface area contributed by atoms with E-state index in [0.717, 1.165) is 12.8 Å². The number of aliphatic hydroxyl groups is 3. The first kappa shape index (κ1) is 28.6. The molecular formula is C26H50O5. The minimum atomic E-state index is -0.988. The Morgan fingerprint density at radius 2 is 1.29 bits per heavy atom. The second-order valence-corrected chi connectivity index (χ2v) is 9.09. The van der Waals surface area contributed by atoms with Gasteiger partial charge in [-0.25, -0.2) is 0 Å². The fraction of sp³-hybridized carbons (Fsp3) is 0.923. The van der Waals surface area contributed by atoms with Gasteiger partial charge < -0.3 is 24.8 Å². The SMILES string of the molecule is CCCCC/C=C/CCCCCCCCCCCCCO[C@@H]1[C@@H](O)[C@H](O)CO[C@H]1CO. The van der Waals surface area contributed by atoms with Crippen molar-refractivity contribution in [1.82, 2.24) is 0 Å². The smallest absolute Gasteiger partial charge is 0.114 e. The highest BCUT2D eigenvalue weighted by atomic mass is 16.6. The summed E-state index contributed by atoms with van der Waals surface area (Å²) in [4.78, 5) is 0. The number of rotatable bonds is 20. The quantitative estimate of drug-likeness (QED) is 0.176. The highest BCUT2D eigenvalue weighted by molar-refractivity contribution is 4.87. The zero-order valence-corrected chi connectivity index (χ0v) is 20.1. The van der Waals surface area contributed by atoms with Crippen LogP contribution in [0.2, 0.25) is 0 Å². The van der Waals surface area contributed by atoms with Gasteiger partial charge in [0, 0.05) is 6.61 Å². The van der Waals surface area contributed by atoms with E-state index in [4.69, 9.17) is 9.47 Å². The van der Waals surface area contributed by atoms with Crippen LogP contribution in [0.4, 0.5) is 0 Å². The summed E-state index contributed by atoms with van der Waals surface area (Å²) in [6.07, 6.45) is 22.2. The topological polar surface area (TPSA) is 79.2 Å². The maximum Gasteiger partial charge on any atom is 0.114 e. The standard InChI is InChI=1S/C26H50O5/c1-2-3-4-5-6-7-8-9-10-11-12-13-14-15-16-17-18-19-20-30-26-24(21-27)31-22-23(28)25(26)29/h6-7,23-29H,2-5,8-22H2,1H3/b7-6+/t23-,24+,25+,26+/m1/s1. The minimum Gasteiger partial charge on any atom is -0.394 e. The Morgan fingerprint density at radius 1 is 0.774 bits per heavy atom. The lowest BCUT2D eigenvalue weighted by Crippen LogP contribution is -2.55. The molecule has 31 heavy (non-hydrogen) atoms. The molecule has 0 aromatic heterocycles. The summed E-state index contributed by atoms with van der Waals surface area (Å²) in [5.41, 5.74) is 0. The molecule has 0 aromatic rings. The van der Waals surface area contributed by atoms with Gasteiger partial charge in [0.15, 0.2) is 0 Å². The van der Waals surface area contributed by atoms with E-state index in [2.05, 4.69) is 19.1 Å². The Kier molecular flexibility index (Phi) is 18.6. The zero-order chi connectivity index (χ0) is 22.6. The van der Waals surface area contributed by atoms with Crippen LogP contribution in [0.15, 0.2) is 12.2 Å². The summed E-state index contributed by atoms with van der Waals surface area (Å²) in [6.45, 7) is 2.63. The van der Waals surface area contributed by atoms with Gasteiger partial charge in [0.05, 0.1) is 13.2 Å². The predicted octanol–water partition coefficient (Wildman–Crippen LogP) is 5.30. The molecule has 0 spiro atoms. The van der Waals surface area contributed by atoms with Gasteiger partial charge >= 0.3 is 0 Å². The largest absolute Gasteiger partial charge is 0.394 e. The van der Waals surface area contributed by atoms with Crippen LogP contribution in [0.5, 0.6) is 0 Å². The normalized spacial score (nSPS) is 24.3. The Labute approximate surface area is 191 Å². The van der Waals surface area contributed by atoms with E-state index in [1.165, 1.54) is 89.9 Å². The van der Waals surface area contributed by atoms with Crippen molar-refractivity contribution in [3.63, 3.8) is 0 Å². The second-order valence-electron chi connectivity index (χ2n) is 9.09. The monoisotopic (exact) mass is 442 g/mol. The molecule has 0 amide bonds. The highest BCUT2D eigenvalue weighted by Gasteiger charge is 2.39. The molecule has 0 bridgehead atoms. The molecule has 4 atom stereocenters. The summed E-state index contributed by atoms with van der Waals surface area (Å²) in [7, 11) is 0. The number of allylic oxidation sites excluding steroid dienone is 2. The Bertz CT molecular complexity index is 413. The third-order valence-corrected chi connectivity index (χ3v) is 6.22. The first-order valence-electron chi connectivity index (χ1n) is 13.1. The van der Waals surface area contributed by atoms with Gasteiger partial charge in [0.1, 0.15) is 24.4 Å². The fourth-order valence-electron chi connectivity index (χ4n) is 4.14. The van der Waals surface area contributed by atoms with E-state index in [1.54, 1.807) is 0 Å². The van der Waals surface area contributed by atoms with Gasteiger partial charge in [-0.05, 0) is 32.1 Å². The molecule has 5 nitrogen and oxygen atoms in total. The van der Waals surface area contributed by atoms with Crippen LogP contribution in [0, 0.1) is 0 Å². The van der Waals surface area contributed by atoms with Crippen LogP contribution in [0.25, 0.3) is 0 Å². The molecule has 1 heterocycles. The van der Waals surface area contributed by atoms with Crippen molar-refractivity contribution in [1.29, 1.82) is 0 Å². The summed E-state index contributed by atoms with van der Waals surface area (Å²) in [6, 6.07) is 0. The van der Waals surface area contributed by atoms with Gasteiger partial charge in [0.25, 0.3) is 0 Å². The molecule has 1 fully saturated rings. The lowest BCUT2D eigenvalue weighted by molar-refractivity contribution is -0.211. The van der Waals surface area contributed by atoms with Crippen LogP contribution < -0.4 is 0 Å². The Balaban J connectivity index is 1.82. The van der Waals surface area contributed by atoms with Crippen molar-refractivity contribution in [3.05, 3.63) is 12.2 Å². The maximum absolute atomic E-state index is 10.0. The maximum atomic E-state index is 10.0. The van der Waals surface area contributed by atoms with Gasteiger partial charge in [-0.2, -0.15) is 0 Å². The van der Waals surface area contributed by atoms with Gasteiger partial charge in [-0.3, -0.25) is 0 Å². The summed E-state index contributed by atoms with van der Waals surface area (Å²) < 4.78 is 11.0. The molecule has 1 rings (SSSR count). The van der Waals surface area contributed by atoms with Gasteiger partial charge in [-0.15, -0.1) is 0 Å². The number of unbranched alkanes of at least 4 members (excludes halogenated alkanes) is 14. The minimum absolute atomic E-state index is 0.0444. The van der Waals surface area contributed by atoms with Crippen molar-refractivity contribution in [3.8, 4) is 0 Å². The fourth-order valence-corrected chi connectivity index (χ4v) is 4.14. The third-order valence-electron chi connectivity index (χ3n) is 6.22. The Hall–Kier alpha value is -0.460. The predicted molar refractivity (Wildman–Crippen MR) is 127 cm³/mol. The molecule has 0 aliphatic carbocycles. The second kappa shape index (κ2) is 20.2. The van der Waals surface area contributed by atoms with Crippen molar-refractivity contribution in [2.75, 3.05) is 19.8 Å². The molecule has 0 unspecified atom stereocenters. The molecule has 0 aromatic carbocycles. The average molecular weight is 443 g/mol. The van der Waals surface area contributed by atoms with Gasteiger partial charge in [-0.1, -0.05) is 89.7 Å². The van der Waals surface area contributed by atoms with E-state index in [-0.39, 0.29) is 13.2 Å². The molecule has 184 valence electrons. The van der Waals surface area contributed by atoms with E-state index in [9.17, 15) is 15.3 Å². The third kappa shape index (κ3) is 14.3. The molecule has 1 aliphatic heterocycles. The molecule has 0 saturated carbocycles. The lowest BCUT2D eigenvalue weighted by atomic mass is 10.0. The van der Waals surface area contributed by atoms with Crippen LogP contribution in [0.3, 0.4) is 0 Å². The summed E-state index contributed by atoms with van der Waals surface area (Å²) >= 11 is 0. The molecule has 1 aliphatic rings. The Morgan fingerprint density at radius 3 is 1.84 bits per heavy atom. The first-order valence-corrected chi connectivity index (χ1v) is 13.1. The molecule has 3 N–H and O–H groups in total.